The number of Topliss-reactive ketones (excluding diaryl/α,β-unsaturated/α-hetero) is 5. The number of methoxy groups -OCH3 is 1. The van der Waals surface area contributed by atoms with Crippen LogP contribution in [0.5, 0.6) is 23.0 Å². The van der Waals surface area contributed by atoms with Crippen molar-refractivity contribution in [3.05, 3.63) is 361 Å². The minimum Gasteiger partial charge on any atom is -0.508 e. The highest BCUT2D eigenvalue weighted by Gasteiger charge is 2.45. The molecule has 5 unspecified atom stereocenters. The van der Waals surface area contributed by atoms with Crippen LogP contribution in [0.3, 0.4) is 0 Å². The van der Waals surface area contributed by atoms with Crippen molar-refractivity contribution in [3.63, 3.8) is 0 Å². The van der Waals surface area contributed by atoms with Crippen LogP contribution in [0.2, 0.25) is 10.0 Å². The molecule has 0 aromatic heterocycles. The summed E-state index contributed by atoms with van der Waals surface area (Å²) in [5.41, 5.74) is 19.7. The van der Waals surface area contributed by atoms with Gasteiger partial charge in [0.25, 0.3) is 0 Å². The van der Waals surface area contributed by atoms with Crippen LogP contribution in [0.1, 0.15) is 138 Å². The topological polar surface area (TPSA) is 268 Å². The second-order valence-electron chi connectivity index (χ2n) is 28.5. The Morgan fingerprint density at radius 1 is 0.400 bits per heavy atom. The number of para-hydroxylation sites is 1. The van der Waals surface area contributed by atoms with Crippen molar-refractivity contribution < 1.29 is 43.7 Å². The van der Waals surface area contributed by atoms with Gasteiger partial charge < -0.3 is 77.8 Å². The van der Waals surface area contributed by atoms with Crippen LogP contribution >= 0.6 is 116 Å². The summed E-state index contributed by atoms with van der Waals surface area (Å²) in [6.45, 7) is 4.08. The number of nitrogens with zero attached hydrogens (tertiary/aromatic N) is 1. The van der Waals surface area contributed by atoms with E-state index in [1.54, 1.807) is 61.7 Å². The SMILES string of the molecule is C=CCOc1ccccc1C1NC(=S)NC2=C1C(=O)c1ccccc12.CN(C)c1ccc(C2NC(=S)NC3=C2C(=O)c2ccccc23)cc1.COc1ccc(Br)c(C2NC(=S)NC3=C2C(=O)c2ccccc23)c1.O=C1C2=C(NC(=S)NC2c2c(Cl)cccc2Cl)c2ccccc21.O=C1C2=C(NC(=S)NC2c2cc(O)ccc2Br)c2cc(O)ccc21. The molecular weight excluding hydrogens is 1780 g/mol. The van der Waals surface area contributed by atoms with Crippen molar-refractivity contribution in [3.8, 4) is 23.0 Å². The first-order valence-corrected chi connectivity index (χ1v) is 41.7. The Hall–Kier alpha value is -12.0. The van der Waals surface area contributed by atoms with Crippen LogP contribution in [0.15, 0.2) is 268 Å². The van der Waals surface area contributed by atoms with Gasteiger partial charge in [0.2, 0.25) is 0 Å². The number of benzene rings is 10. The molecule has 5 aliphatic carbocycles. The van der Waals surface area contributed by atoms with Gasteiger partial charge in [-0.25, -0.2) is 0 Å². The van der Waals surface area contributed by atoms with Crippen molar-refractivity contribution in [2.24, 2.45) is 0 Å². The maximum Gasteiger partial charge on any atom is 0.194 e. The lowest BCUT2D eigenvalue weighted by Gasteiger charge is -2.29. The standard InChI is InChI=1S/C20H16N2O2S.C19H17N3OS.C18H13BrN2O2S.C17H11BrN2O3S.C17H10Cl2N2OS/c1-2-11-24-15-10-6-5-9-14(15)18-16-17(21-20(25)22-18)12-7-3-4-8-13(12)19(16)23;1-22(2)12-9-7-11(8-10-12)16-15-17(21-19(24)20-16)13-5-3-4-6-14(13)18(15)23;1-23-9-6-7-13(19)12(8-9)16-14-15(20-18(24)21-16)10-4-2-3-5-11(10)17(14)22;18-12-4-2-8(22)6-11(12)15-13-14(19-17(24)20-15)10-5-7(21)1-3-9(10)16(13)23;18-10-6-3-7-11(19)12(10)15-13-14(20-17(23)21-15)8-4-1-2-5-9(8)16(13)22/h2-10,18H,1,11H2,(H2,21,22,25);3-10,16H,1-2H3,(H2,20,21,24);2-8,16H,1H3,(H2,20,21,24);1-6,15,21-22H,(H2,19,20,24);1-7,15H,(H2,20,21,23). The van der Waals surface area contributed by atoms with Crippen LogP contribution in [-0.4, -0.2) is 92.5 Å². The number of ketones is 5. The average Bonchev–Trinajstić information content (AvgIpc) is 1.60. The molecule has 598 valence electrons. The Bertz CT molecular complexity index is 6350. The fraction of sp³-hybridized carbons (Fsp3) is 0.0989. The lowest BCUT2D eigenvalue weighted by atomic mass is 9.94. The van der Waals surface area contributed by atoms with Crippen LogP contribution in [-0.2, 0) is 0 Å². The van der Waals surface area contributed by atoms with Crippen molar-refractivity contribution in [1.82, 2.24) is 53.2 Å². The highest BCUT2D eigenvalue weighted by atomic mass is 79.9. The number of carbonyl (C=O) groups is 5. The molecule has 120 heavy (non-hydrogen) atoms. The first-order valence-electron chi connectivity index (χ1n) is 37.3. The second kappa shape index (κ2) is 34.0. The van der Waals surface area contributed by atoms with Crippen molar-refractivity contribution >= 4 is 205 Å². The first kappa shape index (κ1) is 81.7. The third-order valence-corrected chi connectivity index (χ3v) is 24.5. The minimum atomic E-state index is -0.503. The molecule has 0 saturated carbocycles. The van der Waals surface area contributed by atoms with Gasteiger partial charge in [-0.3, -0.25) is 24.0 Å². The van der Waals surface area contributed by atoms with Crippen LogP contribution in [0.4, 0.5) is 5.69 Å². The molecule has 10 aromatic carbocycles. The second-order valence-corrected chi connectivity index (χ2v) is 33.1. The number of carbonyl (C=O) groups excluding carboxylic acids is 5. The molecular formula is C91H67Br2Cl2N11O9S5. The number of phenolic OH excluding ortho intramolecular Hbond substituents is 2. The summed E-state index contributed by atoms with van der Waals surface area (Å²) in [4.78, 5) is 66.7. The number of anilines is 1. The van der Waals surface area contributed by atoms with E-state index in [4.69, 9.17) is 93.8 Å². The van der Waals surface area contributed by atoms with Gasteiger partial charge in [0.1, 0.15) is 29.6 Å². The molecule has 20 rings (SSSR count). The van der Waals surface area contributed by atoms with Gasteiger partial charge in [-0.1, -0.05) is 201 Å². The molecule has 0 amide bonds. The molecule has 5 atom stereocenters. The van der Waals surface area contributed by atoms with E-state index in [0.29, 0.717) is 115 Å². The molecule has 10 aromatic rings. The highest BCUT2D eigenvalue weighted by Crippen LogP contribution is 2.49. The summed E-state index contributed by atoms with van der Waals surface area (Å²) in [5, 5.41) is 54.4. The van der Waals surface area contributed by atoms with Crippen LogP contribution in [0, 0.1) is 0 Å². The Labute approximate surface area is 742 Å². The minimum absolute atomic E-state index is 0.0108. The number of thiocarbonyl (C=S) groups is 5. The van der Waals surface area contributed by atoms with Gasteiger partial charge in [-0.2, -0.15) is 0 Å². The molecule has 0 radical (unpaired) electrons. The molecule has 10 aliphatic rings. The zero-order chi connectivity index (χ0) is 84.2. The molecule has 0 fully saturated rings. The molecule has 20 nitrogen and oxygen atoms in total. The van der Waals surface area contributed by atoms with Gasteiger partial charge in [0.05, 0.1) is 93.7 Å². The van der Waals surface area contributed by atoms with E-state index in [1.807, 2.05) is 171 Å². The highest BCUT2D eigenvalue weighted by molar-refractivity contribution is 9.10. The summed E-state index contributed by atoms with van der Waals surface area (Å²) >= 11 is 46.4. The number of fused-ring (bicyclic) bond motifs is 10. The van der Waals surface area contributed by atoms with Crippen molar-refractivity contribution in [2.75, 3.05) is 32.7 Å². The molecule has 0 saturated heterocycles. The summed E-state index contributed by atoms with van der Waals surface area (Å²) < 4.78 is 12.8. The van der Waals surface area contributed by atoms with E-state index in [2.05, 4.69) is 104 Å². The Morgan fingerprint density at radius 2 is 0.750 bits per heavy atom. The molecule has 12 N–H and O–H groups in total. The number of hydrogen-bond donors (Lipinski definition) is 12. The maximum atomic E-state index is 13.0. The summed E-state index contributed by atoms with van der Waals surface area (Å²) in [5.74, 6) is 1.52. The predicted molar refractivity (Wildman–Crippen MR) is 494 cm³/mol. The maximum absolute atomic E-state index is 13.0. The zero-order valence-electron chi connectivity index (χ0n) is 63.4. The number of halogens is 4. The number of ether oxygens (including phenoxy) is 2. The summed E-state index contributed by atoms with van der Waals surface area (Å²) in [7, 11) is 5.63. The fourth-order valence-electron chi connectivity index (χ4n) is 15.9. The van der Waals surface area contributed by atoms with Crippen molar-refractivity contribution in [2.45, 2.75) is 30.2 Å². The van der Waals surface area contributed by atoms with Gasteiger partial charge in [0, 0.05) is 106 Å². The van der Waals surface area contributed by atoms with Crippen LogP contribution < -0.4 is 67.5 Å². The number of nitrogens with one attached hydrogen (secondary N) is 10. The molecule has 5 aliphatic heterocycles. The van der Waals surface area contributed by atoms with Crippen molar-refractivity contribution in [1.29, 1.82) is 0 Å². The van der Waals surface area contributed by atoms with Gasteiger partial charge in [-0.05, 0) is 163 Å². The number of phenols is 2. The monoisotopic (exact) mass is 1850 g/mol. The van der Waals surface area contributed by atoms with E-state index in [1.165, 1.54) is 6.07 Å². The van der Waals surface area contributed by atoms with E-state index in [9.17, 15) is 34.2 Å². The number of hydrogen-bond acceptors (Lipinski definition) is 15. The Kier molecular flexibility index (Phi) is 23.2. The molecule has 5 heterocycles. The first-order chi connectivity index (χ1) is 57.9. The predicted octanol–water partition coefficient (Wildman–Crippen LogP) is 16.9. The third-order valence-electron chi connectivity index (χ3n) is 21.3. The van der Waals surface area contributed by atoms with E-state index < -0.39 is 12.1 Å². The zero-order valence-corrected chi connectivity index (χ0v) is 72.2. The molecule has 0 bridgehead atoms. The van der Waals surface area contributed by atoms with Gasteiger partial charge in [0.15, 0.2) is 54.5 Å². The normalized spacial score (nSPS) is 18.7. The number of aromatic hydroxyl groups is 2. The van der Waals surface area contributed by atoms with E-state index >= 15 is 0 Å². The number of rotatable bonds is 10. The Morgan fingerprint density at radius 3 is 1.19 bits per heavy atom. The Balaban J connectivity index is 0.000000112. The third kappa shape index (κ3) is 15.3. The van der Waals surface area contributed by atoms with Gasteiger partial charge >= 0.3 is 0 Å². The fourth-order valence-corrected chi connectivity index (χ4v) is 18.6. The average molecular weight is 1850 g/mol. The lowest BCUT2D eigenvalue weighted by Crippen LogP contribution is -2.43. The van der Waals surface area contributed by atoms with Gasteiger partial charge in [-0.15, -0.1) is 0 Å². The molecule has 29 heteroatoms. The van der Waals surface area contributed by atoms with Crippen LogP contribution in [0.25, 0.3) is 28.5 Å². The van der Waals surface area contributed by atoms with E-state index in [0.717, 1.165) is 93.3 Å². The summed E-state index contributed by atoms with van der Waals surface area (Å²) in [6.07, 6.45) is 1.69. The molecule has 0 spiro atoms. The van der Waals surface area contributed by atoms with E-state index in [-0.39, 0.29) is 58.5 Å². The largest absolute Gasteiger partial charge is 0.508 e. The lowest BCUT2D eigenvalue weighted by molar-refractivity contribution is 0.102. The smallest absolute Gasteiger partial charge is 0.194 e. The summed E-state index contributed by atoms with van der Waals surface area (Å²) in [6, 6.07) is 64.7. The quantitative estimate of drug-likeness (QED) is 0.0448.